The molecule has 2 fully saturated rings. The Morgan fingerprint density at radius 1 is 1.20 bits per heavy atom. The molecule has 6 nitrogen and oxygen atoms in total. The number of rotatable bonds is 4. The molecule has 0 unspecified atom stereocenters. The summed E-state index contributed by atoms with van der Waals surface area (Å²) in [6.45, 7) is 1.36. The number of benzene rings is 1. The van der Waals surface area contributed by atoms with E-state index >= 15 is 0 Å². The van der Waals surface area contributed by atoms with Gasteiger partial charge in [0.2, 0.25) is 11.8 Å². The molecule has 1 aromatic heterocycles. The third kappa shape index (κ3) is 3.33. The fourth-order valence-corrected chi connectivity index (χ4v) is 4.19. The van der Waals surface area contributed by atoms with Crippen LogP contribution >= 0.6 is 11.3 Å². The number of anilines is 1. The Labute approximate surface area is 150 Å². The van der Waals surface area contributed by atoms with Gasteiger partial charge in [-0.3, -0.25) is 9.59 Å². The first kappa shape index (κ1) is 16.3. The maximum atomic E-state index is 12.5. The Kier molecular flexibility index (Phi) is 4.33. The van der Waals surface area contributed by atoms with Crippen LogP contribution in [0.25, 0.3) is 10.2 Å². The topological polar surface area (TPSA) is 71.5 Å². The third-order valence-corrected chi connectivity index (χ3v) is 5.87. The zero-order valence-corrected chi connectivity index (χ0v) is 15.0. The van der Waals surface area contributed by atoms with Gasteiger partial charge in [-0.2, -0.15) is 0 Å². The van der Waals surface area contributed by atoms with Crippen molar-refractivity contribution in [1.29, 1.82) is 0 Å². The zero-order valence-electron chi connectivity index (χ0n) is 14.2. The highest BCUT2D eigenvalue weighted by atomic mass is 32.1. The number of para-hydroxylation sites is 1. The molecule has 25 heavy (non-hydrogen) atoms. The second-order valence-corrected chi connectivity index (χ2v) is 7.72. The number of aromatic nitrogens is 1. The van der Waals surface area contributed by atoms with Crippen LogP contribution in [0, 0.1) is 11.8 Å². The molecule has 1 aliphatic heterocycles. The van der Waals surface area contributed by atoms with Gasteiger partial charge >= 0.3 is 0 Å². The number of thiazole rings is 1. The van der Waals surface area contributed by atoms with Crippen molar-refractivity contribution in [3.63, 3.8) is 0 Å². The molecule has 0 atom stereocenters. The summed E-state index contributed by atoms with van der Waals surface area (Å²) in [5, 5.41) is 3.54. The van der Waals surface area contributed by atoms with Crippen molar-refractivity contribution in [2.45, 2.75) is 25.7 Å². The van der Waals surface area contributed by atoms with Crippen molar-refractivity contribution >= 4 is 38.5 Å². The number of methoxy groups -OCH3 is 1. The molecule has 0 spiro atoms. The van der Waals surface area contributed by atoms with E-state index in [0.717, 1.165) is 35.9 Å². The fraction of sp³-hybridized carbons (Fsp3) is 0.500. The minimum atomic E-state index is -0.0582. The SMILES string of the molecule is COc1cccc2sc(NC(=O)C3CCN(C(=O)C4CC4)CC3)nc12. The summed E-state index contributed by atoms with van der Waals surface area (Å²) >= 11 is 1.45. The number of hydrogen-bond acceptors (Lipinski definition) is 5. The summed E-state index contributed by atoms with van der Waals surface area (Å²) in [5.74, 6) is 1.18. The van der Waals surface area contributed by atoms with Gasteiger partial charge in [0.05, 0.1) is 11.8 Å². The smallest absolute Gasteiger partial charge is 0.229 e. The van der Waals surface area contributed by atoms with Crippen LogP contribution in [0.3, 0.4) is 0 Å². The van der Waals surface area contributed by atoms with Gasteiger partial charge in [-0.25, -0.2) is 4.98 Å². The van der Waals surface area contributed by atoms with Crippen LogP contribution in [0.5, 0.6) is 5.75 Å². The van der Waals surface area contributed by atoms with Crippen LogP contribution < -0.4 is 10.1 Å². The van der Waals surface area contributed by atoms with Gasteiger partial charge in [0.15, 0.2) is 5.13 Å². The summed E-state index contributed by atoms with van der Waals surface area (Å²) in [7, 11) is 1.61. The van der Waals surface area contributed by atoms with Gasteiger partial charge in [0, 0.05) is 24.9 Å². The van der Waals surface area contributed by atoms with E-state index in [0.29, 0.717) is 24.0 Å². The average molecular weight is 359 g/mol. The number of ether oxygens (including phenoxy) is 1. The highest BCUT2D eigenvalue weighted by Gasteiger charge is 2.36. The van der Waals surface area contributed by atoms with Gasteiger partial charge in [0.1, 0.15) is 11.3 Å². The molecule has 1 aromatic carbocycles. The molecule has 0 bridgehead atoms. The molecular weight excluding hydrogens is 338 g/mol. The summed E-state index contributed by atoms with van der Waals surface area (Å²) in [6, 6.07) is 5.74. The van der Waals surface area contributed by atoms with Crippen molar-refractivity contribution in [3.05, 3.63) is 18.2 Å². The van der Waals surface area contributed by atoms with Crippen LogP contribution in [0.2, 0.25) is 0 Å². The number of nitrogens with one attached hydrogen (secondary N) is 1. The highest BCUT2D eigenvalue weighted by molar-refractivity contribution is 7.22. The number of nitrogens with zero attached hydrogens (tertiary/aromatic N) is 2. The first-order valence-electron chi connectivity index (χ1n) is 8.69. The molecule has 132 valence electrons. The normalized spacial score (nSPS) is 18.4. The van der Waals surface area contributed by atoms with E-state index < -0.39 is 0 Å². The first-order chi connectivity index (χ1) is 12.2. The number of fused-ring (bicyclic) bond motifs is 1. The van der Waals surface area contributed by atoms with Gasteiger partial charge in [-0.15, -0.1) is 0 Å². The molecule has 1 saturated carbocycles. The minimum Gasteiger partial charge on any atom is -0.494 e. The summed E-state index contributed by atoms with van der Waals surface area (Å²) in [6.07, 6.45) is 3.50. The lowest BCUT2D eigenvalue weighted by Crippen LogP contribution is -2.42. The predicted molar refractivity (Wildman–Crippen MR) is 96.8 cm³/mol. The number of carbonyl (C=O) groups is 2. The predicted octanol–water partition coefficient (Wildman–Crippen LogP) is 2.89. The maximum absolute atomic E-state index is 12.5. The summed E-state index contributed by atoms with van der Waals surface area (Å²) < 4.78 is 6.30. The van der Waals surface area contributed by atoms with E-state index in [1.54, 1.807) is 7.11 Å². The molecule has 1 aliphatic carbocycles. The van der Waals surface area contributed by atoms with Gasteiger partial charge < -0.3 is 15.0 Å². The second-order valence-electron chi connectivity index (χ2n) is 6.69. The van der Waals surface area contributed by atoms with Crippen LogP contribution in [-0.2, 0) is 9.59 Å². The van der Waals surface area contributed by atoms with Crippen molar-refractivity contribution in [2.75, 3.05) is 25.5 Å². The van der Waals surface area contributed by atoms with Crippen molar-refractivity contribution in [3.8, 4) is 5.75 Å². The lowest BCUT2D eigenvalue weighted by Gasteiger charge is -2.31. The molecule has 1 N–H and O–H groups in total. The van der Waals surface area contributed by atoms with E-state index in [9.17, 15) is 9.59 Å². The lowest BCUT2D eigenvalue weighted by atomic mass is 9.95. The fourth-order valence-electron chi connectivity index (χ4n) is 3.30. The number of piperidine rings is 1. The Hall–Kier alpha value is -2.15. The molecule has 1 saturated heterocycles. The molecule has 7 heteroatoms. The molecule has 2 amide bonds. The number of amides is 2. The van der Waals surface area contributed by atoms with Gasteiger partial charge in [-0.05, 0) is 37.8 Å². The summed E-state index contributed by atoms with van der Waals surface area (Å²) in [5.41, 5.74) is 0.773. The quantitative estimate of drug-likeness (QED) is 0.911. The van der Waals surface area contributed by atoms with Crippen molar-refractivity contribution in [2.24, 2.45) is 11.8 Å². The molecule has 2 heterocycles. The zero-order chi connectivity index (χ0) is 17.4. The first-order valence-corrected chi connectivity index (χ1v) is 9.50. The molecular formula is C18H21N3O3S. The van der Waals surface area contributed by atoms with Crippen LogP contribution in [-0.4, -0.2) is 41.9 Å². The largest absolute Gasteiger partial charge is 0.494 e. The maximum Gasteiger partial charge on any atom is 0.229 e. The molecule has 2 aliphatic rings. The molecule has 4 rings (SSSR count). The third-order valence-electron chi connectivity index (χ3n) is 4.94. The van der Waals surface area contributed by atoms with E-state index in [2.05, 4.69) is 10.3 Å². The van der Waals surface area contributed by atoms with Crippen LogP contribution in [0.15, 0.2) is 18.2 Å². The van der Waals surface area contributed by atoms with Gasteiger partial charge in [-0.1, -0.05) is 17.4 Å². The van der Waals surface area contributed by atoms with Crippen molar-refractivity contribution in [1.82, 2.24) is 9.88 Å². The number of hydrogen-bond donors (Lipinski definition) is 1. The minimum absolute atomic E-state index is 0.00320. The van der Waals surface area contributed by atoms with Gasteiger partial charge in [0.25, 0.3) is 0 Å². The van der Waals surface area contributed by atoms with E-state index in [1.807, 2.05) is 23.1 Å². The van der Waals surface area contributed by atoms with Crippen LogP contribution in [0.4, 0.5) is 5.13 Å². The van der Waals surface area contributed by atoms with E-state index in [4.69, 9.17) is 4.74 Å². The monoisotopic (exact) mass is 359 g/mol. The Morgan fingerprint density at radius 3 is 2.64 bits per heavy atom. The molecule has 0 radical (unpaired) electrons. The van der Waals surface area contributed by atoms with Crippen molar-refractivity contribution < 1.29 is 14.3 Å². The lowest BCUT2D eigenvalue weighted by molar-refractivity contribution is -0.135. The van der Waals surface area contributed by atoms with Crippen LogP contribution in [0.1, 0.15) is 25.7 Å². The second kappa shape index (κ2) is 6.63. The standard InChI is InChI=1S/C18H21N3O3S/c1-24-13-3-2-4-14-15(13)19-18(25-14)20-16(22)11-7-9-21(10-8-11)17(23)12-5-6-12/h2-4,11-12H,5-10H2,1H3,(H,19,20,22). The Morgan fingerprint density at radius 2 is 1.96 bits per heavy atom. The van der Waals surface area contributed by atoms with E-state index in [1.165, 1.54) is 11.3 Å². The Balaban J connectivity index is 1.38. The van der Waals surface area contributed by atoms with E-state index in [-0.39, 0.29) is 23.7 Å². The molecule has 2 aromatic rings. The average Bonchev–Trinajstić information content (AvgIpc) is 3.40. The number of carbonyl (C=O) groups excluding carboxylic acids is 2. The Bertz CT molecular complexity index is 807. The highest BCUT2D eigenvalue weighted by Crippen LogP contribution is 2.34. The number of likely N-dealkylation sites (tertiary alicyclic amines) is 1. The summed E-state index contributed by atoms with van der Waals surface area (Å²) in [4.78, 5) is 31.0.